The molecule has 0 fully saturated rings. The number of aryl methyl sites for hydroxylation is 2. The van der Waals surface area contributed by atoms with E-state index in [9.17, 15) is 9.59 Å². The largest absolute Gasteiger partial charge is 0.329 e. The average Bonchev–Trinajstić information content (AvgIpc) is 2.95. The molecule has 0 bridgehead atoms. The minimum Gasteiger partial charge on any atom is -0.318 e. The highest BCUT2D eigenvalue weighted by Gasteiger charge is 2.14. The van der Waals surface area contributed by atoms with Gasteiger partial charge in [0.05, 0.1) is 6.21 Å². The topological polar surface area (TPSA) is 75.5 Å². The molecular weight excluding hydrogens is 423 g/mol. The van der Waals surface area contributed by atoms with Gasteiger partial charge in [0, 0.05) is 38.4 Å². The van der Waals surface area contributed by atoms with E-state index in [1.807, 2.05) is 51.1 Å². The smallest absolute Gasteiger partial charge is 0.318 e. The fourth-order valence-corrected chi connectivity index (χ4v) is 3.56. The van der Waals surface area contributed by atoms with Gasteiger partial charge in [0.2, 0.25) is 0 Å². The number of carbonyl (C=O) groups is 2. The van der Waals surface area contributed by atoms with Gasteiger partial charge in [0.25, 0.3) is 0 Å². The molecule has 2 amide bonds. The Balaban J connectivity index is 1.67. The lowest BCUT2D eigenvalue weighted by molar-refractivity contribution is -0.136. The molecule has 154 valence electrons. The van der Waals surface area contributed by atoms with Gasteiger partial charge >= 0.3 is 11.8 Å². The molecule has 0 saturated heterocycles. The number of hydrogen-bond donors (Lipinski definition) is 2. The summed E-state index contributed by atoms with van der Waals surface area (Å²) in [6.07, 6.45) is 1.51. The Labute approximate surface area is 184 Å². The van der Waals surface area contributed by atoms with Gasteiger partial charge in [-0.05, 0) is 57.2 Å². The van der Waals surface area contributed by atoms with Crippen molar-refractivity contribution in [3.05, 3.63) is 81.1 Å². The number of halogens is 2. The number of hydrazone groups is 1. The summed E-state index contributed by atoms with van der Waals surface area (Å²) in [6, 6.07) is 14.6. The van der Waals surface area contributed by atoms with Crippen LogP contribution in [-0.4, -0.2) is 22.6 Å². The molecule has 0 spiro atoms. The SMILES string of the molecule is Cc1ccc(-n2c(C)cc(/C=N\NC(=O)C(=O)Nc3cc(Cl)cc(Cl)c3)c2C)cc1. The monoisotopic (exact) mass is 442 g/mol. The maximum Gasteiger partial charge on any atom is 0.329 e. The Bertz CT molecular complexity index is 1110. The number of hydrogen-bond acceptors (Lipinski definition) is 3. The van der Waals surface area contributed by atoms with Crippen LogP contribution >= 0.6 is 23.2 Å². The van der Waals surface area contributed by atoms with Crippen molar-refractivity contribution < 1.29 is 9.59 Å². The zero-order valence-electron chi connectivity index (χ0n) is 16.7. The van der Waals surface area contributed by atoms with Crippen molar-refractivity contribution in [2.75, 3.05) is 5.32 Å². The normalized spacial score (nSPS) is 11.0. The van der Waals surface area contributed by atoms with E-state index in [1.54, 1.807) is 0 Å². The van der Waals surface area contributed by atoms with Crippen molar-refractivity contribution in [3.8, 4) is 5.69 Å². The van der Waals surface area contributed by atoms with E-state index in [0.29, 0.717) is 15.7 Å². The molecule has 3 aromatic rings. The number of benzene rings is 2. The van der Waals surface area contributed by atoms with E-state index in [-0.39, 0.29) is 0 Å². The first kappa shape index (κ1) is 21.6. The summed E-state index contributed by atoms with van der Waals surface area (Å²) < 4.78 is 2.10. The minimum atomic E-state index is -0.908. The molecule has 0 aliphatic heterocycles. The summed E-state index contributed by atoms with van der Waals surface area (Å²) >= 11 is 11.8. The maximum atomic E-state index is 12.0. The van der Waals surface area contributed by atoms with Gasteiger partial charge in [0.15, 0.2) is 0 Å². The third kappa shape index (κ3) is 5.09. The molecule has 1 aromatic heterocycles. The number of rotatable bonds is 4. The number of carbonyl (C=O) groups excluding carboxylic acids is 2. The van der Waals surface area contributed by atoms with Crippen LogP contribution in [0.1, 0.15) is 22.5 Å². The fourth-order valence-electron chi connectivity index (χ4n) is 3.03. The Hall–Kier alpha value is -3.09. The first-order valence-electron chi connectivity index (χ1n) is 9.11. The zero-order valence-corrected chi connectivity index (χ0v) is 18.2. The lowest BCUT2D eigenvalue weighted by Gasteiger charge is -2.09. The highest BCUT2D eigenvalue weighted by atomic mass is 35.5. The molecule has 1 heterocycles. The Morgan fingerprint density at radius 1 is 0.933 bits per heavy atom. The predicted molar refractivity (Wildman–Crippen MR) is 121 cm³/mol. The van der Waals surface area contributed by atoms with Crippen LogP contribution in [0, 0.1) is 20.8 Å². The first-order valence-corrected chi connectivity index (χ1v) is 9.86. The van der Waals surface area contributed by atoms with Gasteiger partial charge in [-0.1, -0.05) is 40.9 Å². The van der Waals surface area contributed by atoms with E-state index < -0.39 is 11.8 Å². The second-order valence-corrected chi connectivity index (χ2v) is 7.68. The van der Waals surface area contributed by atoms with Crippen molar-refractivity contribution in [1.82, 2.24) is 9.99 Å². The number of anilines is 1. The van der Waals surface area contributed by atoms with E-state index in [2.05, 4.69) is 20.4 Å². The highest BCUT2D eigenvalue weighted by Crippen LogP contribution is 2.22. The standard InChI is InChI=1S/C22H20Cl2N4O2/c1-13-4-6-20(7-5-13)28-14(2)8-16(15(28)3)12-25-27-22(30)21(29)26-19-10-17(23)9-18(24)11-19/h4-12H,1-3H3,(H,26,29)(H,27,30)/b25-12-. The van der Waals surface area contributed by atoms with Crippen LogP contribution in [0.4, 0.5) is 5.69 Å². The summed E-state index contributed by atoms with van der Waals surface area (Å²) in [5.74, 6) is -1.79. The molecule has 6 nitrogen and oxygen atoms in total. The second-order valence-electron chi connectivity index (χ2n) is 6.81. The zero-order chi connectivity index (χ0) is 21.8. The van der Waals surface area contributed by atoms with Gasteiger partial charge in [-0.3, -0.25) is 9.59 Å². The molecule has 8 heteroatoms. The summed E-state index contributed by atoms with van der Waals surface area (Å²) in [7, 11) is 0. The van der Waals surface area contributed by atoms with Crippen molar-refractivity contribution in [2.24, 2.45) is 5.10 Å². The number of aromatic nitrogens is 1. The molecular formula is C22H20Cl2N4O2. The van der Waals surface area contributed by atoms with Crippen LogP contribution in [-0.2, 0) is 9.59 Å². The van der Waals surface area contributed by atoms with E-state index in [1.165, 1.54) is 30.0 Å². The van der Waals surface area contributed by atoms with Crippen molar-refractivity contribution in [1.29, 1.82) is 0 Å². The Kier molecular flexibility index (Phi) is 6.59. The third-order valence-electron chi connectivity index (χ3n) is 4.46. The van der Waals surface area contributed by atoms with Crippen LogP contribution < -0.4 is 10.7 Å². The first-order chi connectivity index (χ1) is 14.2. The second kappa shape index (κ2) is 9.15. The number of amides is 2. The highest BCUT2D eigenvalue weighted by molar-refractivity contribution is 6.40. The van der Waals surface area contributed by atoms with Crippen molar-refractivity contribution in [3.63, 3.8) is 0 Å². The van der Waals surface area contributed by atoms with Gasteiger partial charge in [-0.2, -0.15) is 5.10 Å². The summed E-state index contributed by atoms with van der Waals surface area (Å²) in [5.41, 5.74) is 7.59. The van der Waals surface area contributed by atoms with Crippen LogP contribution in [0.2, 0.25) is 10.0 Å². The summed E-state index contributed by atoms with van der Waals surface area (Å²) in [5, 5.41) is 7.03. The van der Waals surface area contributed by atoms with Crippen LogP contribution in [0.5, 0.6) is 0 Å². The molecule has 0 atom stereocenters. The molecule has 0 aliphatic carbocycles. The van der Waals surface area contributed by atoms with Crippen LogP contribution in [0.3, 0.4) is 0 Å². The van der Waals surface area contributed by atoms with Gasteiger partial charge in [-0.25, -0.2) is 5.43 Å². The lowest BCUT2D eigenvalue weighted by atomic mass is 10.2. The van der Waals surface area contributed by atoms with Crippen LogP contribution in [0.15, 0.2) is 53.6 Å². The molecule has 2 N–H and O–H groups in total. The van der Waals surface area contributed by atoms with Gasteiger partial charge in [-0.15, -0.1) is 0 Å². The van der Waals surface area contributed by atoms with E-state index in [0.717, 1.165) is 22.6 Å². The third-order valence-corrected chi connectivity index (χ3v) is 4.90. The Morgan fingerprint density at radius 3 is 2.20 bits per heavy atom. The van der Waals surface area contributed by atoms with Crippen molar-refractivity contribution in [2.45, 2.75) is 20.8 Å². The summed E-state index contributed by atoms with van der Waals surface area (Å²) in [6.45, 7) is 6.00. The molecule has 3 rings (SSSR count). The molecule has 0 radical (unpaired) electrons. The molecule has 0 aliphatic rings. The summed E-state index contributed by atoms with van der Waals surface area (Å²) in [4.78, 5) is 24.0. The van der Waals surface area contributed by atoms with Crippen molar-refractivity contribution >= 4 is 46.9 Å². The Morgan fingerprint density at radius 2 is 1.57 bits per heavy atom. The van der Waals surface area contributed by atoms with Gasteiger partial charge in [0.1, 0.15) is 0 Å². The number of nitrogens with one attached hydrogen (secondary N) is 2. The van der Waals surface area contributed by atoms with E-state index in [4.69, 9.17) is 23.2 Å². The molecule has 0 unspecified atom stereocenters. The average molecular weight is 443 g/mol. The predicted octanol–water partition coefficient (Wildman–Crippen LogP) is 4.80. The van der Waals surface area contributed by atoms with Gasteiger partial charge < -0.3 is 9.88 Å². The minimum absolute atomic E-state index is 0.318. The number of nitrogens with zero attached hydrogens (tertiary/aromatic N) is 2. The lowest BCUT2D eigenvalue weighted by Crippen LogP contribution is -2.32. The molecule has 2 aromatic carbocycles. The molecule has 30 heavy (non-hydrogen) atoms. The fraction of sp³-hybridized carbons (Fsp3) is 0.136. The van der Waals surface area contributed by atoms with E-state index >= 15 is 0 Å². The maximum absolute atomic E-state index is 12.0. The van der Waals surface area contributed by atoms with Crippen LogP contribution in [0.25, 0.3) is 5.69 Å². The quantitative estimate of drug-likeness (QED) is 0.345. The molecule has 0 saturated carbocycles.